The summed E-state index contributed by atoms with van der Waals surface area (Å²) < 4.78 is 10.2. The van der Waals surface area contributed by atoms with Gasteiger partial charge in [0.1, 0.15) is 5.76 Å². The average Bonchev–Trinajstić information content (AvgIpc) is 3.19. The molecule has 1 aromatic heterocycles. The van der Waals surface area contributed by atoms with Gasteiger partial charge in [0, 0.05) is 18.4 Å². The molecule has 2 heterocycles. The van der Waals surface area contributed by atoms with Gasteiger partial charge in [0.15, 0.2) is 0 Å². The van der Waals surface area contributed by atoms with Crippen LogP contribution in [0, 0.1) is 0 Å². The molecule has 132 valence electrons. The van der Waals surface area contributed by atoms with Crippen LogP contribution in [0.5, 0.6) is 0 Å². The Labute approximate surface area is 141 Å². The summed E-state index contributed by atoms with van der Waals surface area (Å²) in [7, 11) is 0. The summed E-state index contributed by atoms with van der Waals surface area (Å²) in [6.07, 6.45) is 3.06. The van der Waals surface area contributed by atoms with Gasteiger partial charge < -0.3 is 19.8 Å². The Kier molecular flexibility index (Phi) is 6.00. The summed E-state index contributed by atoms with van der Waals surface area (Å²) in [5.74, 6) is 0.0415. The van der Waals surface area contributed by atoms with Crippen LogP contribution in [-0.4, -0.2) is 29.9 Å². The van der Waals surface area contributed by atoms with E-state index in [-0.39, 0.29) is 36.3 Å². The fraction of sp³-hybridized carbons (Fsp3) is 0.588. The summed E-state index contributed by atoms with van der Waals surface area (Å²) >= 11 is 0. The van der Waals surface area contributed by atoms with Crippen molar-refractivity contribution in [2.75, 3.05) is 6.61 Å². The van der Waals surface area contributed by atoms with Crippen molar-refractivity contribution in [1.82, 2.24) is 10.6 Å². The highest BCUT2D eigenvalue weighted by Gasteiger charge is 2.35. The topological polar surface area (TPSA) is 97.6 Å². The van der Waals surface area contributed by atoms with Gasteiger partial charge >= 0.3 is 5.97 Å². The van der Waals surface area contributed by atoms with Crippen LogP contribution in [-0.2, 0) is 20.9 Å². The molecular formula is C17H24N2O5. The molecular weight excluding hydrogens is 312 g/mol. The monoisotopic (exact) mass is 336 g/mol. The van der Waals surface area contributed by atoms with Crippen molar-refractivity contribution in [2.24, 2.45) is 0 Å². The smallest absolute Gasteiger partial charge is 0.374 e. The maximum Gasteiger partial charge on any atom is 0.374 e. The predicted octanol–water partition coefficient (Wildman–Crippen LogP) is 1.91. The number of carbonyl (C=O) groups excluding carboxylic acids is 3. The lowest BCUT2D eigenvalue weighted by Gasteiger charge is -2.27. The molecule has 1 fully saturated rings. The van der Waals surface area contributed by atoms with E-state index in [1.54, 1.807) is 13.0 Å². The Balaban J connectivity index is 1.77. The fourth-order valence-electron chi connectivity index (χ4n) is 2.81. The third kappa shape index (κ3) is 4.59. The minimum Gasteiger partial charge on any atom is -0.460 e. The van der Waals surface area contributed by atoms with E-state index < -0.39 is 5.97 Å². The second kappa shape index (κ2) is 7.99. The molecule has 2 N–H and O–H groups in total. The van der Waals surface area contributed by atoms with E-state index in [1.807, 2.05) is 6.92 Å². The molecule has 1 saturated heterocycles. The lowest BCUT2D eigenvalue weighted by Crippen LogP contribution is -2.42. The minimum atomic E-state index is -0.517. The highest BCUT2D eigenvalue weighted by molar-refractivity contribution is 5.86. The van der Waals surface area contributed by atoms with Crippen molar-refractivity contribution in [1.29, 1.82) is 0 Å². The molecule has 0 saturated carbocycles. The van der Waals surface area contributed by atoms with Crippen LogP contribution in [0.2, 0.25) is 0 Å². The zero-order chi connectivity index (χ0) is 17.6. The number of hydrogen-bond donors (Lipinski definition) is 2. The number of carbonyl (C=O) groups is 3. The molecule has 0 bridgehead atoms. The molecule has 1 aliphatic heterocycles. The van der Waals surface area contributed by atoms with E-state index in [0.717, 1.165) is 12.8 Å². The highest BCUT2D eigenvalue weighted by Crippen LogP contribution is 2.28. The first-order valence-corrected chi connectivity index (χ1v) is 8.31. The first kappa shape index (κ1) is 18.0. The van der Waals surface area contributed by atoms with E-state index in [2.05, 4.69) is 10.6 Å². The summed E-state index contributed by atoms with van der Waals surface area (Å²) in [5, 5.41) is 5.75. The molecule has 1 aromatic rings. The molecule has 1 unspecified atom stereocenters. The van der Waals surface area contributed by atoms with Crippen LogP contribution >= 0.6 is 0 Å². The number of esters is 1. The number of rotatable bonds is 8. The SMILES string of the molecule is CCOC(=O)c1ccc(CNC(=O)CCC2(CC)CCC(=O)N2)o1. The first-order chi connectivity index (χ1) is 11.5. The van der Waals surface area contributed by atoms with Crippen LogP contribution in [0.15, 0.2) is 16.5 Å². The van der Waals surface area contributed by atoms with Crippen molar-refractivity contribution in [3.05, 3.63) is 23.7 Å². The zero-order valence-corrected chi connectivity index (χ0v) is 14.1. The van der Waals surface area contributed by atoms with Gasteiger partial charge in [-0.1, -0.05) is 6.92 Å². The van der Waals surface area contributed by atoms with Gasteiger partial charge in [-0.2, -0.15) is 0 Å². The third-order valence-corrected chi connectivity index (χ3v) is 4.34. The van der Waals surface area contributed by atoms with Gasteiger partial charge in [-0.3, -0.25) is 9.59 Å². The largest absolute Gasteiger partial charge is 0.460 e. The van der Waals surface area contributed by atoms with Gasteiger partial charge in [0.2, 0.25) is 17.6 Å². The van der Waals surface area contributed by atoms with Crippen molar-refractivity contribution in [2.45, 2.75) is 58.0 Å². The summed E-state index contributed by atoms with van der Waals surface area (Å²) in [5.41, 5.74) is -0.254. The number of furan rings is 1. The Morgan fingerprint density at radius 3 is 2.79 bits per heavy atom. The second-order valence-electron chi connectivity index (χ2n) is 5.95. The van der Waals surface area contributed by atoms with Gasteiger partial charge in [-0.15, -0.1) is 0 Å². The molecule has 1 aliphatic rings. The van der Waals surface area contributed by atoms with Gasteiger partial charge in [0.25, 0.3) is 0 Å². The minimum absolute atomic E-state index is 0.0549. The van der Waals surface area contributed by atoms with E-state index in [4.69, 9.17) is 9.15 Å². The lowest BCUT2D eigenvalue weighted by atomic mass is 9.89. The van der Waals surface area contributed by atoms with E-state index in [1.165, 1.54) is 6.07 Å². The third-order valence-electron chi connectivity index (χ3n) is 4.34. The van der Waals surface area contributed by atoms with E-state index >= 15 is 0 Å². The van der Waals surface area contributed by atoms with Gasteiger partial charge in [-0.05, 0) is 38.3 Å². The summed E-state index contributed by atoms with van der Waals surface area (Å²) in [6.45, 7) is 4.23. The lowest BCUT2D eigenvalue weighted by molar-refractivity contribution is -0.123. The van der Waals surface area contributed by atoms with Crippen LogP contribution < -0.4 is 10.6 Å². The summed E-state index contributed by atoms with van der Waals surface area (Å²) in [6, 6.07) is 3.16. The molecule has 0 radical (unpaired) electrons. The number of nitrogens with one attached hydrogen (secondary N) is 2. The second-order valence-corrected chi connectivity index (χ2v) is 5.95. The van der Waals surface area contributed by atoms with Crippen molar-refractivity contribution < 1.29 is 23.5 Å². The Bertz CT molecular complexity index is 610. The average molecular weight is 336 g/mol. The normalized spacial score (nSPS) is 19.8. The van der Waals surface area contributed by atoms with Crippen LogP contribution in [0.1, 0.15) is 62.3 Å². The Morgan fingerprint density at radius 1 is 1.38 bits per heavy atom. The molecule has 0 spiro atoms. The summed E-state index contributed by atoms with van der Waals surface area (Å²) in [4.78, 5) is 34.9. The van der Waals surface area contributed by atoms with Gasteiger partial charge in [0.05, 0.1) is 13.2 Å². The number of amides is 2. The number of hydrogen-bond acceptors (Lipinski definition) is 5. The maximum absolute atomic E-state index is 12.0. The van der Waals surface area contributed by atoms with E-state index in [9.17, 15) is 14.4 Å². The molecule has 7 heteroatoms. The standard InChI is InChI=1S/C17H24N2O5/c1-3-17(10-8-15(21)19-17)9-7-14(20)18-11-12-5-6-13(24-12)16(22)23-4-2/h5-6H,3-4,7-11H2,1-2H3,(H,18,20)(H,19,21). The van der Waals surface area contributed by atoms with E-state index in [0.29, 0.717) is 25.0 Å². The Morgan fingerprint density at radius 2 is 2.17 bits per heavy atom. The van der Waals surface area contributed by atoms with Crippen molar-refractivity contribution in [3.63, 3.8) is 0 Å². The first-order valence-electron chi connectivity index (χ1n) is 8.31. The Hall–Kier alpha value is -2.31. The van der Waals surface area contributed by atoms with Crippen LogP contribution in [0.3, 0.4) is 0 Å². The van der Waals surface area contributed by atoms with Crippen LogP contribution in [0.25, 0.3) is 0 Å². The quantitative estimate of drug-likeness (QED) is 0.707. The molecule has 2 amide bonds. The molecule has 24 heavy (non-hydrogen) atoms. The van der Waals surface area contributed by atoms with Crippen LogP contribution in [0.4, 0.5) is 0 Å². The molecule has 1 atom stereocenters. The maximum atomic E-state index is 12.0. The zero-order valence-electron chi connectivity index (χ0n) is 14.1. The highest BCUT2D eigenvalue weighted by atomic mass is 16.5. The number of ether oxygens (including phenoxy) is 1. The fourth-order valence-corrected chi connectivity index (χ4v) is 2.81. The van der Waals surface area contributed by atoms with Crippen molar-refractivity contribution >= 4 is 17.8 Å². The molecule has 0 aliphatic carbocycles. The predicted molar refractivity (Wildman–Crippen MR) is 86.1 cm³/mol. The molecule has 0 aromatic carbocycles. The van der Waals surface area contributed by atoms with Crippen molar-refractivity contribution in [3.8, 4) is 0 Å². The van der Waals surface area contributed by atoms with Gasteiger partial charge in [-0.25, -0.2) is 4.79 Å². The molecule has 7 nitrogen and oxygen atoms in total. The molecule has 2 rings (SSSR count).